The number of aliphatic hydroxyl groups excluding tert-OH is 1. The highest BCUT2D eigenvalue weighted by Crippen LogP contribution is 2.28. The number of nitrogens with zero attached hydrogens (tertiary/aromatic N) is 1. The molecular formula is C22H27NO3. The van der Waals surface area contributed by atoms with E-state index in [4.69, 9.17) is 9.47 Å². The van der Waals surface area contributed by atoms with Crippen molar-refractivity contribution in [2.75, 3.05) is 26.3 Å². The fourth-order valence-electron chi connectivity index (χ4n) is 4.02. The Labute approximate surface area is 155 Å². The number of hydrogen-bond acceptors (Lipinski definition) is 4. The number of morpholine rings is 1. The molecule has 4 heteroatoms. The van der Waals surface area contributed by atoms with Crippen LogP contribution in [0, 0.1) is 0 Å². The number of aliphatic hydroxyl groups is 1. The van der Waals surface area contributed by atoms with E-state index in [9.17, 15) is 5.11 Å². The first-order valence-corrected chi connectivity index (χ1v) is 9.55. The maximum atomic E-state index is 10.4. The second-order valence-corrected chi connectivity index (χ2v) is 7.25. The SMILES string of the molecule is O[C@H]1C[C@@H](OCc2ccc(-c3ccccc3)cc2)C[C@H]1N1CCOCC1. The van der Waals surface area contributed by atoms with Gasteiger partial charge in [-0.3, -0.25) is 4.90 Å². The van der Waals surface area contributed by atoms with Gasteiger partial charge in [-0.15, -0.1) is 0 Å². The molecule has 2 fully saturated rings. The topological polar surface area (TPSA) is 41.9 Å². The lowest BCUT2D eigenvalue weighted by molar-refractivity contribution is -0.0121. The molecule has 1 aliphatic heterocycles. The van der Waals surface area contributed by atoms with Crippen molar-refractivity contribution in [3.05, 3.63) is 60.2 Å². The molecule has 0 radical (unpaired) electrons. The minimum atomic E-state index is -0.293. The lowest BCUT2D eigenvalue weighted by Gasteiger charge is -2.33. The van der Waals surface area contributed by atoms with Gasteiger partial charge in [0.25, 0.3) is 0 Å². The van der Waals surface area contributed by atoms with Gasteiger partial charge in [0.1, 0.15) is 0 Å². The molecule has 2 aromatic carbocycles. The Bertz CT molecular complexity index is 682. The molecule has 26 heavy (non-hydrogen) atoms. The van der Waals surface area contributed by atoms with E-state index in [0.29, 0.717) is 6.61 Å². The monoisotopic (exact) mass is 353 g/mol. The van der Waals surface area contributed by atoms with Crippen molar-refractivity contribution in [2.45, 2.75) is 37.7 Å². The Morgan fingerprint density at radius 1 is 0.923 bits per heavy atom. The highest BCUT2D eigenvalue weighted by molar-refractivity contribution is 5.63. The van der Waals surface area contributed by atoms with Crippen molar-refractivity contribution in [1.82, 2.24) is 4.90 Å². The predicted molar refractivity (Wildman–Crippen MR) is 102 cm³/mol. The van der Waals surface area contributed by atoms with E-state index in [1.54, 1.807) is 0 Å². The van der Waals surface area contributed by atoms with Gasteiger partial charge in [0.15, 0.2) is 0 Å². The zero-order valence-corrected chi connectivity index (χ0v) is 15.1. The van der Waals surface area contributed by atoms with Crippen molar-refractivity contribution >= 4 is 0 Å². The molecule has 0 bridgehead atoms. The molecule has 2 aliphatic rings. The summed E-state index contributed by atoms with van der Waals surface area (Å²) in [5.41, 5.74) is 3.62. The molecule has 0 spiro atoms. The number of hydrogen-bond donors (Lipinski definition) is 1. The van der Waals surface area contributed by atoms with Crippen LogP contribution in [-0.2, 0) is 16.1 Å². The molecule has 0 aromatic heterocycles. The summed E-state index contributed by atoms with van der Waals surface area (Å²) in [6.45, 7) is 3.96. The van der Waals surface area contributed by atoms with Crippen molar-refractivity contribution in [1.29, 1.82) is 0 Å². The molecule has 4 nitrogen and oxygen atoms in total. The van der Waals surface area contributed by atoms with Crippen LogP contribution in [0.3, 0.4) is 0 Å². The standard InChI is InChI=1S/C22H27NO3/c24-22-15-20(14-21(22)23-10-12-25-13-11-23)26-16-17-6-8-19(9-7-17)18-4-2-1-3-5-18/h1-9,20-22,24H,10-16H2/t20-,21+,22-/m0/s1. The van der Waals surface area contributed by atoms with Crippen LogP contribution in [0.25, 0.3) is 11.1 Å². The van der Waals surface area contributed by atoms with Crippen molar-refractivity contribution in [3.63, 3.8) is 0 Å². The lowest BCUT2D eigenvalue weighted by Crippen LogP contribution is -2.46. The first kappa shape index (κ1) is 17.7. The molecule has 3 atom stereocenters. The summed E-state index contributed by atoms with van der Waals surface area (Å²) in [6, 6.07) is 19.2. The van der Waals surface area contributed by atoms with Crippen molar-refractivity contribution in [2.24, 2.45) is 0 Å². The van der Waals surface area contributed by atoms with Crippen LogP contribution in [0.4, 0.5) is 0 Å². The van der Waals surface area contributed by atoms with Gasteiger partial charge in [0, 0.05) is 25.6 Å². The Morgan fingerprint density at radius 3 is 2.35 bits per heavy atom. The zero-order valence-electron chi connectivity index (χ0n) is 15.1. The highest BCUT2D eigenvalue weighted by atomic mass is 16.5. The van der Waals surface area contributed by atoms with Gasteiger partial charge >= 0.3 is 0 Å². The lowest BCUT2D eigenvalue weighted by atomic mass is 10.0. The average Bonchev–Trinajstić information content (AvgIpc) is 3.09. The molecule has 2 aromatic rings. The molecule has 138 valence electrons. The third-order valence-corrected chi connectivity index (χ3v) is 5.51. The Hall–Kier alpha value is -1.72. The first-order chi connectivity index (χ1) is 12.8. The molecule has 1 saturated carbocycles. The van der Waals surface area contributed by atoms with Crippen LogP contribution in [-0.4, -0.2) is 54.6 Å². The fourth-order valence-corrected chi connectivity index (χ4v) is 4.02. The van der Waals surface area contributed by atoms with E-state index >= 15 is 0 Å². The summed E-state index contributed by atoms with van der Waals surface area (Å²) in [4.78, 5) is 2.35. The zero-order chi connectivity index (χ0) is 17.8. The normalized spacial score (nSPS) is 26.9. The Kier molecular flexibility index (Phi) is 5.65. The summed E-state index contributed by atoms with van der Waals surface area (Å²) in [5, 5.41) is 10.4. The molecule has 4 rings (SSSR count). The smallest absolute Gasteiger partial charge is 0.0721 e. The van der Waals surface area contributed by atoms with Crippen LogP contribution in [0.2, 0.25) is 0 Å². The van der Waals surface area contributed by atoms with E-state index in [-0.39, 0.29) is 18.2 Å². The van der Waals surface area contributed by atoms with Crippen LogP contribution in [0.15, 0.2) is 54.6 Å². The number of rotatable bonds is 5. The number of ether oxygens (including phenoxy) is 2. The fraction of sp³-hybridized carbons (Fsp3) is 0.455. The summed E-state index contributed by atoms with van der Waals surface area (Å²) >= 11 is 0. The molecule has 1 aliphatic carbocycles. The summed E-state index contributed by atoms with van der Waals surface area (Å²) < 4.78 is 11.5. The first-order valence-electron chi connectivity index (χ1n) is 9.55. The molecule has 0 unspecified atom stereocenters. The second-order valence-electron chi connectivity index (χ2n) is 7.25. The van der Waals surface area contributed by atoms with Gasteiger partial charge in [-0.05, 0) is 23.1 Å². The molecule has 1 heterocycles. The van der Waals surface area contributed by atoms with Crippen molar-refractivity contribution < 1.29 is 14.6 Å². The van der Waals surface area contributed by atoms with Crippen LogP contribution in [0.5, 0.6) is 0 Å². The van der Waals surface area contributed by atoms with Crippen LogP contribution < -0.4 is 0 Å². The highest BCUT2D eigenvalue weighted by Gasteiger charge is 2.37. The molecule has 0 amide bonds. The van der Waals surface area contributed by atoms with E-state index in [1.807, 2.05) is 6.07 Å². The van der Waals surface area contributed by atoms with Crippen LogP contribution in [0.1, 0.15) is 18.4 Å². The summed E-state index contributed by atoms with van der Waals surface area (Å²) in [6.07, 6.45) is 1.47. The third kappa shape index (κ3) is 4.15. The molecular weight excluding hydrogens is 326 g/mol. The van der Waals surface area contributed by atoms with Crippen molar-refractivity contribution in [3.8, 4) is 11.1 Å². The van der Waals surface area contributed by atoms with Gasteiger partial charge in [0.2, 0.25) is 0 Å². The van der Waals surface area contributed by atoms with Gasteiger partial charge in [-0.25, -0.2) is 0 Å². The van der Waals surface area contributed by atoms with Gasteiger partial charge in [0.05, 0.1) is 32.0 Å². The maximum Gasteiger partial charge on any atom is 0.0721 e. The Morgan fingerprint density at radius 2 is 1.62 bits per heavy atom. The van der Waals surface area contributed by atoms with E-state index in [2.05, 4.69) is 53.4 Å². The second kappa shape index (κ2) is 8.31. The molecule has 1 N–H and O–H groups in total. The third-order valence-electron chi connectivity index (χ3n) is 5.51. The van der Waals surface area contributed by atoms with E-state index in [1.165, 1.54) is 16.7 Å². The average molecular weight is 353 g/mol. The minimum absolute atomic E-state index is 0.131. The van der Waals surface area contributed by atoms with E-state index in [0.717, 1.165) is 39.1 Å². The molecule has 1 saturated heterocycles. The maximum absolute atomic E-state index is 10.4. The Balaban J connectivity index is 1.30. The number of benzene rings is 2. The van der Waals surface area contributed by atoms with Gasteiger partial charge in [-0.2, -0.15) is 0 Å². The van der Waals surface area contributed by atoms with E-state index < -0.39 is 0 Å². The van der Waals surface area contributed by atoms with Gasteiger partial charge in [-0.1, -0.05) is 54.6 Å². The summed E-state index contributed by atoms with van der Waals surface area (Å²) in [7, 11) is 0. The van der Waals surface area contributed by atoms with Gasteiger partial charge < -0.3 is 14.6 Å². The summed E-state index contributed by atoms with van der Waals surface area (Å²) in [5.74, 6) is 0. The minimum Gasteiger partial charge on any atom is -0.391 e. The largest absolute Gasteiger partial charge is 0.391 e. The van der Waals surface area contributed by atoms with Crippen LogP contribution >= 0.6 is 0 Å². The predicted octanol–water partition coefficient (Wildman–Crippen LogP) is 3.09. The quantitative estimate of drug-likeness (QED) is 0.897.